The molecule has 0 saturated carbocycles. The molecule has 0 saturated heterocycles. The molecule has 0 radical (unpaired) electrons. The third-order valence-corrected chi connectivity index (χ3v) is 1.89. The number of anilines is 1. The topological polar surface area (TPSA) is 57.9 Å². The monoisotopic (exact) mass is 205 g/mol. The van der Waals surface area contributed by atoms with Crippen molar-refractivity contribution in [1.82, 2.24) is 4.98 Å². The molecular formula is C11H15N3O. The molecule has 1 heterocycles. The van der Waals surface area contributed by atoms with Crippen molar-refractivity contribution >= 4 is 5.82 Å². The average Bonchev–Trinajstić information content (AvgIpc) is 2.17. The smallest absolute Gasteiger partial charge is 0.127 e. The van der Waals surface area contributed by atoms with Crippen LogP contribution in [0.5, 0.6) is 0 Å². The average molecular weight is 205 g/mol. The first-order valence-corrected chi connectivity index (χ1v) is 4.80. The van der Waals surface area contributed by atoms with E-state index in [9.17, 15) is 0 Å². The summed E-state index contributed by atoms with van der Waals surface area (Å²) in [7, 11) is 1.66. The number of aryl methyl sites for hydroxylation is 1. The Morgan fingerprint density at radius 2 is 2.33 bits per heavy atom. The summed E-state index contributed by atoms with van der Waals surface area (Å²) in [5, 5.41) is 12.0. The van der Waals surface area contributed by atoms with Crippen molar-refractivity contribution in [1.29, 1.82) is 5.26 Å². The van der Waals surface area contributed by atoms with Gasteiger partial charge in [-0.25, -0.2) is 4.98 Å². The second-order valence-electron chi connectivity index (χ2n) is 3.49. The van der Waals surface area contributed by atoms with Crippen molar-refractivity contribution < 1.29 is 4.74 Å². The molecule has 0 aliphatic heterocycles. The largest absolute Gasteiger partial charge is 0.383 e. The second-order valence-corrected chi connectivity index (χ2v) is 3.49. The third-order valence-electron chi connectivity index (χ3n) is 1.89. The number of nitrogens with zero attached hydrogens (tertiary/aromatic N) is 2. The maximum atomic E-state index is 8.79. The quantitative estimate of drug-likeness (QED) is 0.813. The van der Waals surface area contributed by atoms with E-state index in [-0.39, 0.29) is 6.04 Å². The van der Waals surface area contributed by atoms with E-state index in [0.717, 1.165) is 11.5 Å². The van der Waals surface area contributed by atoms with Gasteiger partial charge in [-0.15, -0.1) is 0 Å². The highest BCUT2D eigenvalue weighted by Gasteiger charge is 2.04. The van der Waals surface area contributed by atoms with Crippen molar-refractivity contribution in [3.05, 3.63) is 23.4 Å². The number of methoxy groups -OCH3 is 1. The van der Waals surface area contributed by atoms with E-state index in [2.05, 4.69) is 16.4 Å². The van der Waals surface area contributed by atoms with Gasteiger partial charge in [0.15, 0.2) is 0 Å². The maximum absolute atomic E-state index is 8.79. The summed E-state index contributed by atoms with van der Waals surface area (Å²) >= 11 is 0. The van der Waals surface area contributed by atoms with Crippen LogP contribution in [-0.4, -0.2) is 24.7 Å². The number of rotatable bonds is 4. The van der Waals surface area contributed by atoms with Crippen LogP contribution in [0.2, 0.25) is 0 Å². The van der Waals surface area contributed by atoms with Crippen LogP contribution in [0.25, 0.3) is 0 Å². The zero-order valence-corrected chi connectivity index (χ0v) is 9.24. The van der Waals surface area contributed by atoms with Crippen molar-refractivity contribution in [2.45, 2.75) is 19.9 Å². The Morgan fingerprint density at radius 3 is 2.93 bits per heavy atom. The molecular weight excluding hydrogens is 190 g/mol. The van der Waals surface area contributed by atoms with Gasteiger partial charge in [-0.2, -0.15) is 5.26 Å². The molecule has 0 aliphatic rings. The molecule has 1 atom stereocenters. The molecule has 1 aromatic heterocycles. The van der Waals surface area contributed by atoms with E-state index in [1.54, 1.807) is 19.2 Å². The number of pyridine rings is 1. The Bertz CT molecular complexity index is 371. The van der Waals surface area contributed by atoms with Crippen molar-refractivity contribution in [3.63, 3.8) is 0 Å². The summed E-state index contributed by atoms with van der Waals surface area (Å²) < 4.78 is 5.01. The Morgan fingerprint density at radius 1 is 1.60 bits per heavy atom. The summed E-state index contributed by atoms with van der Waals surface area (Å²) in [5.74, 6) is 0.719. The number of nitrogens with one attached hydrogen (secondary N) is 1. The molecule has 1 unspecified atom stereocenters. The Labute approximate surface area is 89.9 Å². The van der Waals surface area contributed by atoms with Crippen LogP contribution >= 0.6 is 0 Å². The SMILES string of the molecule is COCC(C)Nc1cc(C#N)cc(C)n1. The van der Waals surface area contributed by atoms with Gasteiger partial charge in [0.25, 0.3) is 0 Å². The van der Waals surface area contributed by atoms with Gasteiger partial charge in [0, 0.05) is 18.8 Å². The normalized spacial score (nSPS) is 11.9. The molecule has 80 valence electrons. The molecule has 0 bridgehead atoms. The Hall–Kier alpha value is -1.60. The van der Waals surface area contributed by atoms with Gasteiger partial charge >= 0.3 is 0 Å². The molecule has 0 amide bonds. The van der Waals surface area contributed by atoms with E-state index in [4.69, 9.17) is 10.00 Å². The van der Waals surface area contributed by atoms with Crippen LogP contribution in [0.1, 0.15) is 18.2 Å². The highest BCUT2D eigenvalue weighted by Crippen LogP contribution is 2.10. The molecule has 0 aliphatic carbocycles. The Kier molecular flexibility index (Phi) is 4.07. The first kappa shape index (κ1) is 11.5. The van der Waals surface area contributed by atoms with E-state index in [1.165, 1.54) is 0 Å². The predicted molar refractivity (Wildman–Crippen MR) is 58.6 cm³/mol. The molecule has 1 rings (SSSR count). The highest BCUT2D eigenvalue weighted by molar-refractivity contribution is 5.44. The van der Waals surface area contributed by atoms with Crippen LogP contribution in [0.15, 0.2) is 12.1 Å². The number of nitriles is 1. The standard InChI is InChI=1S/C11H15N3O/c1-8-4-10(6-12)5-11(13-8)14-9(2)7-15-3/h4-5,9H,7H2,1-3H3,(H,13,14). The van der Waals surface area contributed by atoms with E-state index in [1.807, 2.05) is 13.8 Å². The summed E-state index contributed by atoms with van der Waals surface area (Å²) in [4.78, 5) is 4.29. The van der Waals surface area contributed by atoms with Crippen LogP contribution in [0.4, 0.5) is 5.82 Å². The first-order valence-electron chi connectivity index (χ1n) is 4.80. The summed E-state index contributed by atoms with van der Waals surface area (Å²) in [6.45, 7) is 4.48. The van der Waals surface area contributed by atoms with E-state index in [0.29, 0.717) is 12.2 Å². The molecule has 0 aromatic carbocycles. The molecule has 4 nitrogen and oxygen atoms in total. The van der Waals surface area contributed by atoms with Gasteiger partial charge in [0.05, 0.1) is 18.2 Å². The maximum Gasteiger partial charge on any atom is 0.127 e. The summed E-state index contributed by atoms with van der Waals surface area (Å²) in [6, 6.07) is 5.77. The van der Waals surface area contributed by atoms with Crippen molar-refractivity contribution in [2.24, 2.45) is 0 Å². The van der Waals surface area contributed by atoms with Gasteiger partial charge in [-0.1, -0.05) is 0 Å². The molecule has 0 spiro atoms. The minimum absolute atomic E-state index is 0.177. The number of hydrogen-bond donors (Lipinski definition) is 1. The minimum atomic E-state index is 0.177. The minimum Gasteiger partial charge on any atom is -0.383 e. The fraction of sp³-hybridized carbons (Fsp3) is 0.455. The van der Waals surface area contributed by atoms with Gasteiger partial charge < -0.3 is 10.1 Å². The zero-order chi connectivity index (χ0) is 11.3. The van der Waals surface area contributed by atoms with Gasteiger partial charge in [-0.05, 0) is 26.0 Å². The van der Waals surface area contributed by atoms with Crippen LogP contribution < -0.4 is 5.32 Å². The lowest BCUT2D eigenvalue weighted by atomic mass is 10.2. The first-order chi connectivity index (χ1) is 7.15. The van der Waals surface area contributed by atoms with Crippen LogP contribution in [0.3, 0.4) is 0 Å². The van der Waals surface area contributed by atoms with Gasteiger partial charge in [-0.3, -0.25) is 0 Å². The van der Waals surface area contributed by atoms with E-state index < -0.39 is 0 Å². The highest BCUT2D eigenvalue weighted by atomic mass is 16.5. The van der Waals surface area contributed by atoms with Crippen molar-refractivity contribution in [2.75, 3.05) is 19.0 Å². The second kappa shape index (κ2) is 5.32. The molecule has 1 N–H and O–H groups in total. The third kappa shape index (κ3) is 3.56. The molecule has 0 fully saturated rings. The Balaban J connectivity index is 2.77. The summed E-state index contributed by atoms with van der Waals surface area (Å²) in [5.41, 5.74) is 1.45. The van der Waals surface area contributed by atoms with Crippen LogP contribution in [0, 0.1) is 18.3 Å². The lowest BCUT2D eigenvalue weighted by molar-refractivity contribution is 0.190. The number of aromatic nitrogens is 1. The van der Waals surface area contributed by atoms with Gasteiger partial charge in [0.1, 0.15) is 5.82 Å². The predicted octanol–water partition coefficient (Wildman–Crippen LogP) is 1.71. The fourth-order valence-corrected chi connectivity index (χ4v) is 1.35. The van der Waals surface area contributed by atoms with Crippen molar-refractivity contribution in [3.8, 4) is 6.07 Å². The lowest BCUT2D eigenvalue weighted by Gasteiger charge is -2.13. The number of ether oxygens (including phenoxy) is 1. The fourth-order valence-electron chi connectivity index (χ4n) is 1.35. The zero-order valence-electron chi connectivity index (χ0n) is 9.24. The lowest BCUT2D eigenvalue weighted by Crippen LogP contribution is -2.21. The van der Waals surface area contributed by atoms with Gasteiger partial charge in [0.2, 0.25) is 0 Å². The summed E-state index contributed by atoms with van der Waals surface area (Å²) in [6.07, 6.45) is 0. The number of hydrogen-bond acceptors (Lipinski definition) is 4. The molecule has 15 heavy (non-hydrogen) atoms. The molecule has 1 aromatic rings. The molecule has 4 heteroatoms. The van der Waals surface area contributed by atoms with E-state index >= 15 is 0 Å². The van der Waals surface area contributed by atoms with Crippen LogP contribution in [-0.2, 0) is 4.74 Å².